The molecule has 2 aromatic rings. The molecule has 0 spiro atoms. The lowest BCUT2D eigenvalue weighted by Crippen LogP contribution is -2.29. The van der Waals surface area contributed by atoms with Crippen molar-refractivity contribution in [3.8, 4) is 0 Å². The lowest BCUT2D eigenvalue weighted by Gasteiger charge is -2.09. The smallest absolute Gasteiger partial charge is 0.248 e. The molecule has 1 N–H and O–H groups in total. The second-order valence-corrected chi connectivity index (χ2v) is 5.71. The summed E-state index contributed by atoms with van der Waals surface area (Å²) in [5, 5.41) is 8.15. The van der Waals surface area contributed by atoms with E-state index < -0.39 is 0 Å². The molecule has 1 saturated heterocycles. The molecule has 104 valence electrons. The van der Waals surface area contributed by atoms with Crippen LogP contribution in [0, 0.1) is 6.92 Å². The van der Waals surface area contributed by atoms with Crippen LogP contribution in [0.5, 0.6) is 0 Å². The molecule has 1 aromatic carbocycles. The van der Waals surface area contributed by atoms with Gasteiger partial charge in [0.2, 0.25) is 5.89 Å². The van der Waals surface area contributed by atoms with Gasteiger partial charge >= 0.3 is 0 Å². The van der Waals surface area contributed by atoms with E-state index in [-0.39, 0.29) is 0 Å². The van der Waals surface area contributed by atoms with Crippen molar-refractivity contribution in [1.82, 2.24) is 15.5 Å². The minimum atomic E-state index is 0.436. The molecule has 20 heavy (non-hydrogen) atoms. The van der Waals surface area contributed by atoms with Crippen LogP contribution in [-0.4, -0.2) is 27.1 Å². The van der Waals surface area contributed by atoms with E-state index in [1.54, 1.807) is 18.7 Å². The zero-order valence-electron chi connectivity index (χ0n) is 11.2. The van der Waals surface area contributed by atoms with Gasteiger partial charge in [-0.3, -0.25) is 4.99 Å². The van der Waals surface area contributed by atoms with Gasteiger partial charge in [0, 0.05) is 11.8 Å². The number of aliphatic imine (C=N–C) groups is 1. The van der Waals surface area contributed by atoms with Gasteiger partial charge in [-0.25, -0.2) is 0 Å². The van der Waals surface area contributed by atoms with Crippen molar-refractivity contribution in [2.45, 2.75) is 25.9 Å². The minimum absolute atomic E-state index is 0.436. The first kappa shape index (κ1) is 13.2. The Bertz CT molecular complexity index is 596. The highest BCUT2D eigenvalue weighted by molar-refractivity contribution is 8.14. The zero-order valence-corrected chi connectivity index (χ0v) is 12.1. The molecule has 3 rings (SSSR count). The first-order valence-corrected chi connectivity index (χ1v) is 7.55. The number of hydrogen-bond acceptors (Lipinski definition) is 5. The lowest BCUT2D eigenvalue weighted by molar-refractivity contribution is 0.376. The summed E-state index contributed by atoms with van der Waals surface area (Å²) in [5.74, 6) is 2.24. The van der Waals surface area contributed by atoms with Crippen molar-refractivity contribution in [1.29, 1.82) is 0 Å². The molecule has 1 aromatic heterocycles. The second-order valence-electron chi connectivity index (χ2n) is 4.70. The molecule has 1 fully saturated rings. The van der Waals surface area contributed by atoms with Crippen LogP contribution in [0.4, 0.5) is 0 Å². The van der Waals surface area contributed by atoms with E-state index in [0.29, 0.717) is 24.3 Å². The molecular formula is C14H16N4OS. The highest BCUT2D eigenvalue weighted by Gasteiger charge is 2.20. The number of amidine groups is 1. The van der Waals surface area contributed by atoms with Gasteiger partial charge in [-0.15, -0.1) is 0 Å². The fourth-order valence-electron chi connectivity index (χ4n) is 2.08. The van der Waals surface area contributed by atoms with Crippen molar-refractivity contribution in [3.63, 3.8) is 0 Å². The van der Waals surface area contributed by atoms with Crippen LogP contribution in [0.3, 0.4) is 0 Å². The standard InChI is InChI=1S/C14H16N4OS/c1-10-16-13(19-18-10)8-15-14-17-12(9-20-14)7-11-5-3-2-4-6-11/h2-6,12H,7-9H2,1H3,(H,15,17). The molecule has 5 nitrogen and oxygen atoms in total. The summed E-state index contributed by atoms with van der Waals surface area (Å²) in [5.41, 5.74) is 1.35. The highest BCUT2D eigenvalue weighted by Crippen LogP contribution is 2.17. The third-order valence-corrected chi connectivity index (χ3v) is 4.09. The number of hydrogen-bond donors (Lipinski definition) is 1. The van der Waals surface area contributed by atoms with Gasteiger partial charge in [0.25, 0.3) is 0 Å². The molecule has 6 heteroatoms. The SMILES string of the molecule is Cc1noc(CN=C2NC(Cc3ccccc3)CS2)n1. The largest absolute Gasteiger partial charge is 0.361 e. The maximum Gasteiger partial charge on any atom is 0.248 e. The number of aromatic nitrogens is 2. The van der Waals surface area contributed by atoms with Gasteiger partial charge < -0.3 is 9.84 Å². The number of rotatable bonds is 4. The Balaban J connectivity index is 1.54. The van der Waals surface area contributed by atoms with Crippen LogP contribution < -0.4 is 5.32 Å². The Morgan fingerprint density at radius 2 is 2.25 bits per heavy atom. The predicted molar refractivity (Wildman–Crippen MR) is 79.7 cm³/mol. The first-order valence-electron chi connectivity index (χ1n) is 6.56. The van der Waals surface area contributed by atoms with Gasteiger partial charge in [0.05, 0.1) is 0 Å². The maximum atomic E-state index is 5.04. The summed E-state index contributed by atoms with van der Waals surface area (Å²) in [6.45, 7) is 2.24. The number of benzene rings is 1. The summed E-state index contributed by atoms with van der Waals surface area (Å²) < 4.78 is 5.04. The van der Waals surface area contributed by atoms with Crippen molar-refractivity contribution in [2.24, 2.45) is 4.99 Å². The van der Waals surface area contributed by atoms with Crippen molar-refractivity contribution in [3.05, 3.63) is 47.6 Å². The van der Waals surface area contributed by atoms with Crippen LogP contribution in [-0.2, 0) is 13.0 Å². The summed E-state index contributed by atoms with van der Waals surface area (Å²) >= 11 is 1.74. The predicted octanol–water partition coefficient (Wildman–Crippen LogP) is 2.18. The van der Waals surface area contributed by atoms with Crippen molar-refractivity contribution >= 4 is 16.9 Å². The normalized spacial score (nSPS) is 20.2. The first-order chi connectivity index (χ1) is 9.79. The molecule has 1 unspecified atom stereocenters. The number of aryl methyl sites for hydroxylation is 1. The fraction of sp³-hybridized carbons (Fsp3) is 0.357. The van der Waals surface area contributed by atoms with Crippen LogP contribution in [0.15, 0.2) is 39.8 Å². The topological polar surface area (TPSA) is 63.3 Å². The van der Waals surface area contributed by atoms with Gasteiger partial charge in [-0.1, -0.05) is 47.3 Å². The molecule has 0 saturated carbocycles. The monoisotopic (exact) mass is 288 g/mol. The molecule has 1 aliphatic heterocycles. The van der Waals surface area contributed by atoms with E-state index in [1.165, 1.54) is 5.56 Å². The van der Waals surface area contributed by atoms with E-state index in [1.807, 2.05) is 6.07 Å². The van der Waals surface area contributed by atoms with Gasteiger partial charge in [-0.05, 0) is 18.9 Å². The average molecular weight is 288 g/mol. The number of nitrogens with one attached hydrogen (secondary N) is 1. The molecule has 0 amide bonds. The molecule has 2 heterocycles. The van der Waals surface area contributed by atoms with E-state index in [0.717, 1.165) is 17.3 Å². The van der Waals surface area contributed by atoms with Crippen molar-refractivity contribution in [2.75, 3.05) is 5.75 Å². The quantitative estimate of drug-likeness (QED) is 0.934. The van der Waals surface area contributed by atoms with Gasteiger partial charge in [-0.2, -0.15) is 4.98 Å². The average Bonchev–Trinajstić information content (AvgIpc) is 3.07. The number of thioether (sulfide) groups is 1. The minimum Gasteiger partial charge on any atom is -0.361 e. The third kappa shape index (κ3) is 3.39. The Kier molecular flexibility index (Phi) is 4.01. The number of nitrogens with zero attached hydrogens (tertiary/aromatic N) is 3. The van der Waals surface area contributed by atoms with Crippen LogP contribution >= 0.6 is 11.8 Å². The van der Waals surface area contributed by atoms with Gasteiger partial charge in [0.15, 0.2) is 11.0 Å². The summed E-state index contributed by atoms with van der Waals surface area (Å²) in [6, 6.07) is 10.9. The molecular weight excluding hydrogens is 272 g/mol. The lowest BCUT2D eigenvalue weighted by atomic mass is 10.1. The zero-order chi connectivity index (χ0) is 13.8. The summed E-state index contributed by atoms with van der Waals surface area (Å²) in [4.78, 5) is 8.61. The summed E-state index contributed by atoms with van der Waals surface area (Å²) in [7, 11) is 0. The van der Waals surface area contributed by atoms with Gasteiger partial charge in [0.1, 0.15) is 6.54 Å². The van der Waals surface area contributed by atoms with Crippen LogP contribution in [0.2, 0.25) is 0 Å². The highest BCUT2D eigenvalue weighted by atomic mass is 32.2. The van der Waals surface area contributed by atoms with E-state index in [4.69, 9.17) is 4.52 Å². The van der Waals surface area contributed by atoms with Crippen LogP contribution in [0.1, 0.15) is 17.3 Å². The third-order valence-electron chi connectivity index (χ3n) is 3.00. The van der Waals surface area contributed by atoms with Crippen LogP contribution in [0.25, 0.3) is 0 Å². The van der Waals surface area contributed by atoms with E-state index in [9.17, 15) is 0 Å². The molecule has 1 atom stereocenters. The van der Waals surface area contributed by atoms with E-state index in [2.05, 4.69) is 44.7 Å². The van der Waals surface area contributed by atoms with E-state index >= 15 is 0 Å². The second kappa shape index (κ2) is 6.09. The Labute approximate surface area is 121 Å². The summed E-state index contributed by atoms with van der Waals surface area (Å²) in [6.07, 6.45) is 1.02. The van der Waals surface area contributed by atoms with Crippen molar-refractivity contribution < 1.29 is 4.52 Å². The molecule has 0 aliphatic carbocycles. The Morgan fingerprint density at radius 1 is 1.40 bits per heavy atom. The Morgan fingerprint density at radius 3 is 3.00 bits per heavy atom. The molecule has 0 bridgehead atoms. The maximum absolute atomic E-state index is 5.04. The Hall–Kier alpha value is -1.82. The molecule has 0 radical (unpaired) electrons. The fourth-order valence-corrected chi connectivity index (χ4v) is 3.05. The molecule has 1 aliphatic rings.